The van der Waals surface area contributed by atoms with Crippen molar-refractivity contribution in [2.75, 3.05) is 26.7 Å². The van der Waals surface area contributed by atoms with Crippen LogP contribution in [0.3, 0.4) is 0 Å². The SMILES string of the molecule is COc1cccc([C@H]2CN(C(=O)CCn3cccn3)[C@@H]3C4CCN(CC4)[C@H]23)c1. The van der Waals surface area contributed by atoms with Crippen LogP contribution in [0.25, 0.3) is 0 Å². The van der Waals surface area contributed by atoms with Gasteiger partial charge in [0.25, 0.3) is 0 Å². The lowest BCUT2D eigenvalue weighted by molar-refractivity contribution is -0.136. The van der Waals surface area contributed by atoms with Gasteiger partial charge >= 0.3 is 0 Å². The zero-order valence-corrected chi connectivity index (χ0v) is 16.4. The summed E-state index contributed by atoms with van der Waals surface area (Å²) in [5, 5.41) is 4.24. The first-order valence-electron chi connectivity index (χ1n) is 10.4. The highest BCUT2D eigenvalue weighted by atomic mass is 16.5. The van der Waals surface area contributed by atoms with Crippen LogP contribution in [0.15, 0.2) is 42.7 Å². The fourth-order valence-electron chi connectivity index (χ4n) is 5.66. The molecule has 0 unspecified atom stereocenters. The molecule has 0 saturated carbocycles. The van der Waals surface area contributed by atoms with Gasteiger partial charge in [0.1, 0.15) is 5.75 Å². The molecule has 4 aliphatic rings. The van der Waals surface area contributed by atoms with Gasteiger partial charge in [-0.3, -0.25) is 14.4 Å². The first kappa shape index (κ1) is 17.7. The summed E-state index contributed by atoms with van der Waals surface area (Å²) >= 11 is 0. The lowest BCUT2D eigenvalue weighted by Gasteiger charge is -2.51. The molecule has 6 heteroatoms. The number of aryl methyl sites for hydroxylation is 1. The Hall–Kier alpha value is -2.34. The van der Waals surface area contributed by atoms with E-state index < -0.39 is 0 Å². The van der Waals surface area contributed by atoms with Crippen molar-refractivity contribution >= 4 is 5.91 Å². The number of nitrogens with zero attached hydrogens (tertiary/aromatic N) is 4. The second-order valence-corrected chi connectivity index (χ2v) is 8.30. The van der Waals surface area contributed by atoms with Gasteiger partial charge in [0.05, 0.1) is 13.2 Å². The van der Waals surface area contributed by atoms with Crippen LogP contribution in [0, 0.1) is 5.92 Å². The number of piperidine rings is 3. The Morgan fingerprint density at radius 2 is 2.07 bits per heavy atom. The molecule has 4 aliphatic heterocycles. The molecule has 2 aromatic rings. The van der Waals surface area contributed by atoms with Gasteiger partial charge in [-0.05, 0) is 55.6 Å². The Labute approximate surface area is 166 Å². The minimum absolute atomic E-state index is 0.268. The number of rotatable bonds is 5. The quantitative estimate of drug-likeness (QED) is 0.799. The summed E-state index contributed by atoms with van der Waals surface area (Å²) in [7, 11) is 1.72. The number of likely N-dealkylation sites (tertiary alicyclic amines) is 1. The first-order chi connectivity index (χ1) is 13.7. The molecule has 4 fully saturated rings. The number of amides is 1. The highest BCUT2D eigenvalue weighted by molar-refractivity contribution is 5.77. The van der Waals surface area contributed by atoms with Crippen molar-refractivity contribution in [1.82, 2.24) is 19.6 Å². The van der Waals surface area contributed by atoms with Crippen LogP contribution >= 0.6 is 0 Å². The van der Waals surface area contributed by atoms with E-state index in [0.717, 1.165) is 12.3 Å². The van der Waals surface area contributed by atoms with Gasteiger partial charge in [-0.25, -0.2) is 0 Å². The van der Waals surface area contributed by atoms with Crippen LogP contribution in [-0.2, 0) is 11.3 Å². The summed E-state index contributed by atoms with van der Waals surface area (Å²) in [6, 6.07) is 11.1. The van der Waals surface area contributed by atoms with Gasteiger partial charge in [0.2, 0.25) is 5.91 Å². The number of carbonyl (C=O) groups excluding carboxylic acids is 1. The third-order valence-corrected chi connectivity index (χ3v) is 6.95. The van der Waals surface area contributed by atoms with Crippen molar-refractivity contribution < 1.29 is 9.53 Å². The standard InChI is InChI=1S/C22H28N4O2/c1-28-18-5-2-4-17(14-18)19-15-26(20(27)8-13-25-10-3-9-23-25)21-16-6-11-24(12-7-16)22(19)21/h2-5,9-10,14,16,19,21-22H,6-8,11-13,15H2,1H3/t19-,21-,22-/m1/s1. The largest absolute Gasteiger partial charge is 0.497 e. The van der Waals surface area contributed by atoms with Gasteiger partial charge in [-0.15, -0.1) is 0 Å². The first-order valence-corrected chi connectivity index (χ1v) is 10.4. The molecule has 2 bridgehead atoms. The number of fused-ring (bicyclic) bond motifs is 2. The van der Waals surface area contributed by atoms with Gasteiger partial charge in [-0.1, -0.05) is 12.1 Å². The highest BCUT2D eigenvalue weighted by Crippen LogP contribution is 2.47. The highest BCUT2D eigenvalue weighted by Gasteiger charge is 2.54. The Balaban J connectivity index is 1.41. The molecule has 148 valence electrons. The van der Waals surface area contributed by atoms with Crippen LogP contribution in [0.1, 0.15) is 30.7 Å². The van der Waals surface area contributed by atoms with Crippen LogP contribution in [0.4, 0.5) is 0 Å². The van der Waals surface area contributed by atoms with Crippen molar-refractivity contribution in [3.8, 4) is 5.75 Å². The molecular formula is C22H28N4O2. The molecule has 4 saturated heterocycles. The molecule has 6 rings (SSSR count). The van der Waals surface area contributed by atoms with Crippen LogP contribution in [0.5, 0.6) is 5.75 Å². The lowest BCUT2D eigenvalue weighted by atomic mass is 9.75. The molecule has 1 aromatic carbocycles. The number of carbonyl (C=O) groups is 1. The van der Waals surface area contributed by atoms with Crippen molar-refractivity contribution in [2.24, 2.45) is 5.92 Å². The summed E-state index contributed by atoms with van der Waals surface area (Å²) in [5.41, 5.74) is 1.30. The van der Waals surface area contributed by atoms with E-state index in [-0.39, 0.29) is 5.91 Å². The minimum Gasteiger partial charge on any atom is -0.497 e. The van der Waals surface area contributed by atoms with E-state index in [9.17, 15) is 4.79 Å². The fraction of sp³-hybridized carbons (Fsp3) is 0.545. The molecule has 1 aromatic heterocycles. The van der Waals surface area contributed by atoms with E-state index in [0.29, 0.717) is 36.9 Å². The average Bonchev–Trinajstić information content (AvgIpc) is 3.42. The van der Waals surface area contributed by atoms with Crippen molar-refractivity contribution in [3.05, 3.63) is 48.3 Å². The zero-order valence-electron chi connectivity index (χ0n) is 16.4. The summed E-state index contributed by atoms with van der Waals surface area (Å²) < 4.78 is 7.31. The maximum absolute atomic E-state index is 13.2. The van der Waals surface area contributed by atoms with E-state index in [4.69, 9.17) is 4.74 Å². The van der Waals surface area contributed by atoms with Crippen molar-refractivity contribution in [1.29, 1.82) is 0 Å². The molecule has 28 heavy (non-hydrogen) atoms. The predicted octanol–water partition coefficient (Wildman–Crippen LogP) is 2.37. The number of benzene rings is 1. The zero-order chi connectivity index (χ0) is 19.1. The predicted molar refractivity (Wildman–Crippen MR) is 106 cm³/mol. The average molecular weight is 380 g/mol. The smallest absolute Gasteiger partial charge is 0.224 e. The molecule has 0 spiro atoms. The normalized spacial score (nSPS) is 31.0. The lowest BCUT2D eigenvalue weighted by Crippen LogP contribution is -2.60. The summed E-state index contributed by atoms with van der Waals surface area (Å²) in [6.45, 7) is 3.80. The van der Waals surface area contributed by atoms with Crippen LogP contribution in [-0.4, -0.2) is 64.3 Å². The second kappa shape index (κ2) is 7.24. The molecule has 0 N–H and O–H groups in total. The molecule has 6 nitrogen and oxygen atoms in total. The number of aromatic nitrogens is 2. The Morgan fingerprint density at radius 3 is 2.82 bits per heavy atom. The van der Waals surface area contributed by atoms with E-state index >= 15 is 0 Å². The van der Waals surface area contributed by atoms with E-state index in [1.165, 1.54) is 31.5 Å². The number of hydrogen-bond donors (Lipinski definition) is 0. The molecule has 0 radical (unpaired) electrons. The fourth-order valence-corrected chi connectivity index (χ4v) is 5.66. The Morgan fingerprint density at radius 1 is 1.21 bits per heavy atom. The van der Waals surface area contributed by atoms with Gasteiger partial charge in [-0.2, -0.15) is 5.10 Å². The van der Waals surface area contributed by atoms with Crippen LogP contribution in [0.2, 0.25) is 0 Å². The summed E-state index contributed by atoms with van der Waals surface area (Å²) in [5.74, 6) is 2.16. The summed E-state index contributed by atoms with van der Waals surface area (Å²) in [6.07, 6.45) is 6.64. The van der Waals surface area contributed by atoms with E-state index in [1.807, 2.05) is 23.0 Å². The number of ether oxygens (including phenoxy) is 1. The maximum Gasteiger partial charge on any atom is 0.224 e. The molecule has 0 aliphatic carbocycles. The topological polar surface area (TPSA) is 50.6 Å². The molecule has 5 heterocycles. The number of methoxy groups -OCH3 is 1. The summed E-state index contributed by atoms with van der Waals surface area (Å²) in [4.78, 5) is 18.1. The third-order valence-electron chi connectivity index (χ3n) is 6.95. The van der Waals surface area contributed by atoms with Gasteiger partial charge in [0, 0.05) is 43.9 Å². The third kappa shape index (κ3) is 3.00. The Kier molecular flexibility index (Phi) is 4.59. The van der Waals surface area contributed by atoms with Gasteiger partial charge < -0.3 is 9.64 Å². The van der Waals surface area contributed by atoms with Crippen LogP contribution < -0.4 is 4.74 Å². The minimum atomic E-state index is 0.268. The van der Waals surface area contributed by atoms with E-state index in [2.05, 4.69) is 33.1 Å². The molecular weight excluding hydrogens is 352 g/mol. The monoisotopic (exact) mass is 380 g/mol. The van der Waals surface area contributed by atoms with Gasteiger partial charge in [0.15, 0.2) is 0 Å². The van der Waals surface area contributed by atoms with E-state index in [1.54, 1.807) is 13.3 Å². The molecule has 3 atom stereocenters. The number of hydrogen-bond acceptors (Lipinski definition) is 4. The second-order valence-electron chi connectivity index (χ2n) is 8.30. The van der Waals surface area contributed by atoms with Crippen molar-refractivity contribution in [3.63, 3.8) is 0 Å². The Bertz CT molecular complexity index is 829. The van der Waals surface area contributed by atoms with Crippen molar-refractivity contribution in [2.45, 2.75) is 43.8 Å². The maximum atomic E-state index is 13.2. The molecule has 1 amide bonds.